The van der Waals surface area contributed by atoms with Crippen molar-refractivity contribution in [2.45, 2.75) is 0 Å². The Morgan fingerprint density at radius 2 is 1.55 bits per heavy atom. The number of halogens is 1. The summed E-state index contributed by atoms with van der Waals surface area (Å²) in [4.78, 5) is 36.6. The van der Waals surface area contributed by atoms with Gasteiger partial charge in [-0.1, -0.05) is 12.1 Å². The zero-order valence-corrected chi connectivity index (χ0v) is 19.6. The number of ether oxygens (including phenoxy) is 3. The van der Waals surface area contributed by atoms with E-state index in [0.29, 0.717) is 38.2 Å². The van der Waals surface area contributed by atoms with Gasteiger partial charge < -0.3 is 19.0 Å². The van der Waals surface area contributed by atoms with Crippen molar-refractivity contribution in [1.29, 1.82) is 0 Å². The largest absolute Gasteiger partial charge is 0.497 e. The minimum absolute atomic E-state index is 0.114. The highest BCUT2D eigenvalue weighted by atomic mass is 79.9. The lowest BCUT2D eigenvalue weighted by Gasteiger charge is -2.15. The number of hydrogen-bond acceptors (Lipinski definition) is 7. The Bertz CT molecular complexity index is 1390. The first-order valence-corrected chi connectivity index (χ1v) is 10.6. The number of rotatable bonds is 6. The van der Waals surface area contributed by atoms with Crippen molar-refractivity contribution >= 4 is 32.8 Å². The second kappa shape index (κ2) is 9.33. The minimum Gasteiger partial charge on any atom is -0.497 e. The highest BCUT2D eigenvalue weighted by Gasteiger charge is 2.21. The van der Waals surface area contributed by atoms with E-state index >= 15 is 0 Å². The summed E-state index contributed by atoms with van der Waals surface area (Å²) < 4.78 is 17.3. The molecule has 0 aliphatic heterocycles. The third-order valence-electron chi connectivity index (χ3n) is 4.91. The molecule has 0 unspecified atom stereocenters. The van der Waals surface area contributed by atoms with E-state index in [9.17, 15) is 9.59 Å². The summed E-state index contributed by atoms with van der Waals surface area (Å²) in [6, 6.07) is 16.7. The van der Waals surface area contributed by atoms with Crippen LogP contribution in [0.5, 0.6) is 17.2 Å². The lowest BCUT2D eigenvalue weighted by Crippen LogP contribution is -2.33. The van der Waals surface area contributed by atoms with E-state index in [2.05, 4.69) is 20.9 Å². The van der Waals surface area contributed by atoms with E-state index in [0.717, 1.165) is 4.73 Å². The van der Waals surface area contributed by atoms with Crippen LogP contribution in [-0.4, -0.2) is 37.0 Å². The molecule has 0 saturated heterocycles. The monoisotopic (exact) mass is 510 g/mol. The molecule has 4 rings (SSSR count). The Balaban J connectivity index is 1.92. The van der Waals surface area contributed by atoms with Gasteiger partial charge in [-0.25, -0.2) is 9.78 Å². The SMILES string of the molecule is COc1cc(OC)cc(-c2nc3ccccc3c(=O)n2OC(=O)c2cc(OC)ccc2Br)c1. The molecule has 1 heterocycles. The van der Waals surface area contributed by atoms with Gasteiger partial charge in [0, 0.05) is 16.1 Å². The molecule has 0 atom stereocenters. The highest BCUT2D eigenvalue weighted by Crippen LogP contribution is 2.29. The van der Waals surface area contributed by atoms with Crippen LogP contribution in [0.25, 0.3) is 22.3 Å². The Morgan fingerprint density at radius 3 is 2.21 bits per heavy atom. The zero-order valence-electron chi connectivity index (χ0n) is 18.0. The first-order chi connectivity index (χ1) is 15.9. The van der Waals surface area contributed by atoms with Crippen LogP contribution in [0.4, 0.5) is 0 Å². The fraction of sp³-hybridized carbons (Fsp3) is 0.125. The molecule has 4 aromatic rings. The van der Waals surface area contributed by atoms with Crippen molar-refractivity contribution in [3.8, 4) is 28.6 Å². The Kier molecular flexibility index (Phi) is 6.32. The first kappa shape index (κ1) is 22.3. The average molecular weight is 511 g/mol. The van der Waals surface area contributed by atoms with Crippen molar-refractivity contribution in [3.63, 3.8) is 0 Å². The van der Waals surface area contributed by atoms with Gasteiger partial charge in [-0.3, -0.25) is 4.79 Å². The molecule has 0 amide bonds. The minimum atomic E-state index is -0.768. The van der Waals surface area contributed by atoms with E-state index in [1.807, 2.05) is 0 Å². The van der Waals surface area contributed by atoms with Gasteiger partial charge in [0.25, 0.3) is 5.56 Å². The molecule has 0 radical (unpaired) electrons. The zero-order chi connectivity index (χ0) is 23.5. The van der Waals surface area contributed by atoms with Gasteiger partial charge in [0.05, 0.1) is 37.8 Å². The van der Waals surface area contributed by atoms with Crippen LogP contribution in [0.3, 0.4) is 0 Å². The summed E-state index contributed by atoms with van der Waals surface area (Å²) in [5.41, 5.74) is 0.564. The lowest BCUT2D eigenvalue weighted by molar-refractivity contribution is 0.0448. The molecule has 0 saturated carbocycles. The number of hydrogen-bond donors (Lipinski definition) is 0. The van der Waals surface area contributed by atoms with Crippen LogP contribution in [-0.2, 0) is 0 Å². The maximum absolute atomic E-state index is 13.4. The Labute approximate surface area is 197 Å². The number of carbonyl (C=O) groups is 1. The van der Waals surface area contributed by atoms with Crippen molar-refractivity contribution < 1.29 is 23.8 Å². The summed E-state index contributed by atoms with van der Waals surface area (Å²) in [5, 5.41) is 0.300. The second-order valence-electron chi connectivity index (χ2n) is 6.88. The van der Waals surface area contributed by atoms with Gasteiger partial charge in [0.15, 0.2) is 5.82 Å². The predicted octanol–water partition coefficient (Wildman–Crippen LogP) is 4.12. The molecule has 0 aliphatic carbocycles. The van der Waals surface area contributed by atoms with Gasteiger partial charge >= 0.3 is 5.97 Å². The van der Waals surface area contributed by atoms with E-state index < -0.39 is 11.5 Å². The summed E-state index contributed by atoms with van der Waals surface area (Å²) in [5.74, 6) is 0.784. The van der Waals surface area contributed by atoms with E-state index in [1.165, 1.54) is 27.4 Å². The number of carbonyl (C=O) groups excluding carboxylic acids is 1. The van der Waals surface area contributed by atoms with Gasteiger partial charge in [0.2, 0.25) is 0 Å². The Morgan fingerprint density at radius 1 is 0.879 bits per heavy atom. The summed E-state index contributed by atoms with van der Waals surface area (Å²) >= 11 is 3.34. The summed E-state index contributed by atoms with van der Waals surface area (Å²) in [7, 11) is 4.52. The van der Waals surface area contributed by atoms with Crippen LogP contribution in [0.15, 0.2) is 69.9 Å². The smallest absolute Gasteiger partial charge is 0.365 e. The number of benzene rings is 3. The summed E-state index contributed by atoms with van der Waals surface area (Å²) in [6.07, 6.45) is 0. The van der Waals surface area contributed by atoms with Crippen molar-refractivity contribution in [1.82, 2.24) is 9.71 Å². The number of aromatic nitrogens is 2. The lowest BCUT2D eigenvalue weighted by atomic mass is 10.1. The van der Waals surface area contributed by atoms with Gasteiger partial charge in [-0.2, -0.15) is 0 Å². The molecule has 0 N–H and O–H groups in total. The van der Waals surface area contributed by atoms with Gasteiger partial charge in [0.1, 0.15) is 17.2 Å². The Hall–Kier alpha value is -3.85. The molecule has 0 aliphatic rings. The highest BCUT2D eigenvalue weighted by molar-refractivity contribution is 9.10. The number of para-hydroxylation sites is 1. The molecule has 33 heavy (non-hydrogen) atoms. The van der Waals surface area contributed by atoms with Crippen LogP contribution in [0, 0.1) is 0 Å². The molecule has 8 nitrogen and oxygen atoms in total. The van der Waals surface area contributed by atoms with Crippen LogP contribution >= 0.6 is 15.9 Å². The maximum Gasteiger partial charge on any atom is 0.365 e. The van der Waals surface area contributed by atoms with Gasteiger partial charge in [-0.15, -0.1) is 4.73 Å². The van der Waals surface area contributed by atoms with Crippen LogP contribution < -0.4 is 24.6 Å². The molecular formula is C24H19BrN2O6. The molecule has 0 spiro atoms. The number of nitrogens with zero attached hydrogens (tertiary/aromatic N) is 2. The number of fused-ring (bicyclic) bond motifs is 1. The standard InChI is InChI=1S/C24H19BrN2O6/c1-30-15-8-9-20(25)19(13-15)24(29)33-27-22(14-10-16(31-2)12-17(11-14)32-3)26-21-7-5-4-6-18(21)23(27)28/h4-13H,1-3H3. The number of methoxy groups -OCH3 is 3. The molecule has 0 bridgehead atoms. The maximum atomic E-state index is 13.4. The quantitative estimate of drug-likeness (QED) is 0.385. The molecular weight excluding hydrogens is 492 g/mol. The molecule has 1 aromatic heterocycles. The first-order valence-electron chi connectivity index (χ1n) is 9.76. The normalized spacial score (nSPS) is 10.7. The topological polar surface area (TPSA) is 88.9 Å². The van der Waals surface area contributed by atoms with E-state index in [1.54, 1.807) is 54.6 Å². The third-order valence-corrected chi connectivity index (χ3v) is 5.61. The van der Waals surface area contributed by atoms with Crippen molar-refractivity contribution in [2.75, 3.05) is 21.3 Å². The average Bonchev–Trinajstić information content (AvgIpc) is 2.85. The van der Waals surface area contributed by atoms with E-state index in [4.69, 9.17) is 19.0 Å². The van der Waals surface area contributed by atoms with Crippen molar-refractivity contribution in [3.05, 3.63) is 81.1 Å². The predicted molar refractivity (Wildman–Crippen MR) is 126 cm³/mol. The van der Waals surface area contributed by atoms with Crippen molar-refractivity contribution in [2.24, 2.45) is 0 Å². The second-order valence-corrected chi connectivity index (χ2v) is 7.73. The third kappa shape index (κ3) is 4.40. The fourth-order valence-corrected chi connectivity index (χ4v) is 3.65. The molecule has 168 valence electrons. The van der Waals surface area contributed by atoms with Crippen LogP contribution in [0.2, 0.25) is 0 Å². The molecule has 3 aromatic carbocycles. The van der Waals surface area contributed by atoms with Crippen LogP contribution in [0.1, 0.15) is 10.4 Å². The van der Waals surface area contributed by atoms with E-state index in [-0.39, 0.29) is 11.4 Å². The fourth-order valence-electron chi connectivity index (χ4n) is 3.24. The summed E-state index contributed by atoms with van der Waals surface area (Å²) in [6.45, 7) is 0. The molecule has 0 fully saturated rings. The molecule has 9 heteroatoms. The van der Waals surface area contributed by atoms with Gasteiger partial charge in [-0.05, 0) is 58.4 Å².